The number of rotatable bonds is 6. The maximum atomic E-state index is 13.7. The SMILES string of the molecule is CC(C)(Oc1ccc(NC(=O)Nc2cc([N+](=O)[O-])ccc2F)cc1)C(=O)O. The van der Waals surface area contributed by atoms with Crippen molar-refractivity contribution in [3.63, 3.8) is 0 Å². The molecular formula is C17H16FN3O6. The van der Waals surface area contributed by atoms with Gasteiger partial charge in [0, 0.05) is 17.8 Å². The summed E-state index contributed by atoms with van der Waals surface area (Å²) < 4.78 is 19.0. The van der Waals surface area contributed by atoms with Crippen LogP contribution >= 0.6 is 0 Å². The van der Waals surface area contributed by atoms with Gasteiger partial charge in [-0.2, -0.15) is 0 Å². The highest BCUT2D eigenvalue weighted by molar-refractivity contribution is 6.00. The van der Waals surface area contributed by atoms with Gasteiger partial charge in [0.05, 0.1) is 10.6 Å². The number of carboxylic acid groups (broad SMARTS) is 1. The number of carbonyl (C=O) groups is 2. The van der Waals surface area contributed by atoms with Crippen LogP contribution in [0.1, 0.15) is 13.8 Å². The van der Waals surface area contributed by atoms with Crippen LogP contribution in [-0.2, 0) is 4.79 Å². The van der Waals surface area contributed by atoms with Crippen LogP contribution in [0, 0.1) is 15.9 Å². The van der Waals surface area contributed by atoms with Gasteiger partial charge >= 0.3 is 12.0 Å². The first-order chi connectivity index (χ1) is 12.6. The van der Waals surface area contributed by atoms with Gasteiger partial charge in [-0.15, -0.1) is 0 Å². The first-order valence-electron chi connectivity index (χ1n) is 7.63. The van der Waals surface area contributed by atoms with Crippen LogP contribution in [0.25, 0.3) is 0 Å². The standard InChI is InChI=1S/C17H16FN3O6/c1-17(2,15(22)23)27-12-6-3-10(4-7-12)19-16(24)20-14-9-11(21(25)26)5-8-13(14)18/h3-9H,1-2H3,(H,22,23)(H2,19,20,24). The molecule has 0 aliphatic heterocycles. The number of hydrogen-bond donors (Lipinski definition) is 3. The third kappa shape index (κ3) is 5.14. The summed E-state index contributed by atoms with van der Waals surface area (Å²) >= 11 is 0. The molecule has 27 heavy (non-hydrogen) atoms. The van der Waals surface area contributed by atoms with Crippen LogP contribution in [0.15, 0.2) is 42.5 Å². The van der Waals surface area contributed by atoms with Crippen molar-refractivity contribution < 1.29 is 28.7 Å². The predicted octanol–water partition coefficient (Wildman–Crippen LogP) is 3.62. The smallest absolute Gasteiger partial charge is 0.347 e. The molecule has 3 N–H and O–H groups in total. The molecule has 2 rings (SSSR count). The van der Waals surface area contributed by atoms with Crippen molar-refractivity contribution in [1.82, 2.24) is 0 Å². The lowest BCUT2D eigenvalue weighted by molar-refractivity contribution is -0.384. The number of carboxylic acids is 1. The monoisotopic (exact) mass is 377 g/mol. The topological polar surface area (TPSA) is 131 Å². The lowest BCUT2D eigenvalue weighted by Gasteiger charge is -2.21. The number of hydrogen-bond acceptors (Lipinski definition) is 5. The van der Waals surface area contributed by atoms with Crippen molar-refractivity contribution in [2.75, 3.05) is 10.6 Å². The van der Waals surface area contributed by atoms with E-state index in [-0.39, 0.29) is 17.1 Å². The van der Waals surface area contributed by atoms with Crippen LogP contribution in [-0.4, -0.2) is 27.6 Å². The molecule has 0 fully saturated rings. The zero-order valence-corrected chi connectivity index (χ0v) is 14.4. The molecule has 9 nitrogen and oxygen atoms in total. The van der Waals surface area contributed by atoms with Crippen molar-refractivity contribution in [2.24, 2.45) is 0 Å². The Hall–Kier alpha value is -3.69. The second-order valence-corrected chi connectivity index (χ2v) is 5.94. The average Bonchev–Trinajstić information content (AvgIpc) is 2.58. The number of nitro benzene ring substituents is 1. The normalized spacial score (nSPS) is 10.8. The van der Waals surface area contributed by atoms with Gasteiger partial charge in [0.2, 0.25) is 0 Å². The van der Waals surface area contributed by atoms with E-state index in [1.807, 2.05) is 0 Å². The molecule has 0 atom stereocenters. The molecule has 2 aromatic carbocycles. The lowest BCUT2D eigenvalue weighted by Crippen LogP contribution is -2.37. The highest BCUT2D eigenvalue weighted by atomic mass is 19.1. The summed E-state index contributed by atoms with van der Waals surface area (Å²) in [5, 5.41) is 24.4. The van der Waals surface area contributed by atoms with E-state index in [1.165, 1.54) is 38.1 Å². The fourth-order valence-corrected chi connectivity index (χ4v) is 1.95. The minimum atomic E-state index is -1.42. The summed E-state index contributed by atoms with van der Waals surface area (Å²) in [6.07, 6.45) is 0. The van der Waals surface area contributed by atoms with Gasteiger partial charge < -0.3 is 20.5 Å². The number of nitro groups is 1. The quantitative estimate of drug-likeness (QED) is 0.520. The van der Waals surface area contributed by atoms with E-state index >= 15 is 0 Å². The summed E-state index contributed by atoms with van der Waals surface area (Å²) in [5.41, 5.74) is -1.82. The number of anilines is 2. The number of ether oxygens (including phenoxy) is 1. The van der Waals surface area contributed by atoms with Crippen molar-refractivity contribution in [1.29, 1.82) is 0 Å². The number of urea groups is 1. The van der Waals surface area contributed by atoms with Crippen molar-refractivity contribution >= 4 is 29.1 Å². The summed E-state index contributed by atoms with van der Waals surface area (Å²) in [6, 6.07) is 7.77. The Morgan fingerprint density at radius 2 is 1.78 bits per heavy atom. The van der Waals surface area contributed by atoms with Crippen LogP contribution in [0.4, 0.5) is 26.2 Å². The van der Waals surface area contributed by atoms with Gasteiger partial charge in [-0.05, 0) is 44.2 Å². The number of nitrogens with zero attached hydrogens (tertiary/aromatic N) is 1. The largest absolute Gasteiger partial charge is 0.478 e. The van der Waals surface area contributed by atoms with Crippen LogP contribution in [0.2, 0.25) is 0 Å². The fourth-order valence-electron chi connectivity index (χ4n) is 1.95. The summed E-state index contributed by atoms with van der Waals surface area (Å²) in [7, 11) is 0. The third-order valence-corrected chi connectivity index (χ3v) is 3.41. The molecule has 2 aromatic rings. The fraction of sp³-hybridized carbons (Fsp3) is 0.176. The van der Waals surface area contributed by atoms with Gasteiger partial charge in [0.15, 0.2) is 5.60 Å². The first-order valence-corrected chi connectivity index (χ1v) is 7.63. The van der Waals surface area contributed by atoms with E-state index in [9.17, 15) is 24.1 Å². The molecule has 0 heterocycles. The molecule has 0 spiro atoms. The van der Waals surface area contributed by atoms with Gasteiger partial charge in [0.25, 0.3) is 5.69 Å². The molecule has 0 saturated carbocycles. The lowest BCUT2D eigenvalue weighted by atomic mass is 10.1. The molecule has 2 amide bonds. The molecule has 0 bridgehead atoms. The molecule has 0 aliphatic carbocycles. The minimum Gasteiger partial charge on any atom is -0.478 e. The summed E-state index contributed by atoms with van der Waals surface area (Å²) in [5.74, 6) is -1.68. The second kappa shape index (κ2) is 7.68. The molecule has 142 valence electrons. The molecule has 0 unspecified atom stereocenters. The van der Waals surface area contributed by atoms with Crippen LogP contribution in [0.3, 0.4) is 0 Å². The Balaban J connectivity index is 2.03. The Morgan fingerprint density at radius 1 is 1.15 bits per heavy atom. The van der Waals surface area contributed by atoms with Crippen molar-refractivity contribution in [3.8, 4) is 5.75 Å². The number of nitrogens with one attached hydrogen (secondary N) is 2. The van der Waals surface area contributed by atoms with Crippen LogP contribution < -0.4 is 15.4 Å². The second-order valence-electron chi connectivity index (χ2n) is 5.94. The number of carbonyl (C=O) groups excluding carboxylic acids is 1. The maximum absolute atomic E-state index is 13.7. The molecule has 10 heteroatoms. The number of halogens is 1. The molecule has 0 saturated heterocycles. The Bertz CT molecular complexity index is 883. The zero-order valence-electron chi connectivity index (χ0n) is 14.4. The van der Waals surface area contributed by atoms with Crippen molar-refractivity contribution in [2.45, 2.75) is 19.4 Å². The minimum absolute atomic E-state index is 0.276. The zero-order chi connectivity index (χ0) is 20.2. The van der Waals surface area contributed by atoms with Gasteiger partial charge in [-0.1, -0.05) is 0 Å². The van der Waals surface area contributed by atoms with Gasteiger partial charge in [-0.25, -0.2) is 14.0 Å². The number of amides is 2. The molecule has 0 aliphatic rings. The van der Waals surface area contributed by atoms with Gasteiger partial charge in [0.1, 0.15) is 11.6 Å². The first kappa shape index (κ1) is 19.6. The highest BCUT2D eigenvalue weighted by Gasteiger charge is 2.29. The van der Waals surface area contributed by atoms with Crippen molar-refractivity contribution in [3.05, 3.63) is 58.4 Å². The van der Waals surface area contributed by atoms with E-state index < -0.39 is 28.3 Å². The summed E-state index contributed by atoms with van der Waals surface area (Å²) in [6.45, 7) is 2.78. The van der Waals surface area contributed by atoms with E-state index in [2.05, 4.69) is 10.6 Å². The predicted molar refractivity (Wildman–Crippen MR) is 94.5 cm³/mol. The third-order valence-electron chi connectivity index (χ3n) is 3.41. The van der Waals surface area contributed by atoms with E-state index in [1.54, 1.807) is 0 Å². The molecule has 0 aromatic heterocycles. The van der Waals surface area contributed by atoms with Crippen LogP contribution in [0.5, 0.6) is 5.75 Å². The summed E-state index contributed by atoms with van der Waals surface area (Å²) in [4.78, 5) is 33.0. The number of benzene rings is 2. The van der Waals surface area contributed by atoms with E-state index in [0.717, 1.165) is 18.2 Å². The average molecular weight is 377 g/mol. The number of non-ortho nitro benzene ring substituents is 1. The highest BCUT2D eigenvalue weighted by Crippen LogP contribution is 2.23. The Morgan fingerprint density at radius 3 is 2.33 bits per heavy atom. The molecular weight excluding hydrogens is 361 g/mol. The Kier molecular flexibility index (Phi) is 5.59. The van der Waals surface area contributed by atoms with E-state index in [0.29, 0.717) is 5.69 Å². The molecule has 0 radical (unpaired) electrons. The number of aliphatic carboxylic acids is 1. The Labute approximate surface area is 152 Å². The van der Waals surface area contributed by atoms with Gasteiger partial charge in [-0.3, -0.25) is 10.1 Å². The van der Waals surface area contributed by atoms with E-state index in [4.69, 9.17) is 9.84 Å². The maximum Gasteiger partial charge on any atom is 0.347 e.